The van der Waals surface area contributed by atoms with Gasteiger partial charge >= 0.3 is 0 Å². The molecule has 0 spiro atoms. The van der Waals surface area contributed by atoms with Crippen molar-refractivity contribution in [2.24, 2.45) is 0 Å². The summed E-state index contributed by atoms with van der Waals surface area (Å²) in [5, 5.41) is 0. The van der Waals surface area contributed by atoms with Crippen molar-refractivity contribution in [3.05, 3.63) is 66.5 Å². The van der Waals surface area contributed by atoms with Gasteiger partial charge in [0.25, 0.3) is 0 Å². The molecule has 0 atom stereocenters. The third kappa shape index (κ3) is 2.54. The Bertz CT molecular complexity index is 587. The van der Waals surface area contributed by atoms with Crippen LogP contribution in [-0.4, -0.2) is 10.8 Å². The van der Waals surface area contributed by atoms with E-state index in [0.29, 0.717) is 6.42 Å². The molecule has 2 aromatic rings. The van der Waals surface area contributed by atoms with Gasteiger partial charge in [0.15, 0.2) is 5.78 Å². The van der Waals surface area contributed by atoms with Gasteiger partial charge in [-0.05, 0) is 41.3 Å². The van der Waals surface area contributed by atoms with Gasteiger partial charge in [-0.25, -0.2) is 0 Å². The van der Waals surface area contributed by atoms with Crippen LogP contribution in [0.3, 0.4) is 0 Å². The van der Waals surface area contributed by atoms with Crippen molar-refractivity contribution in [1.29, 1.82) is 0 Å². The van der Waals surface area contributed by atoms with E-state index >= 15 is 0 Å². The predicted molar refractivity (Wildman–Crippen MR) is 73.3 cm³/mol. The molecule has 0 aliphatic heterocycles. The van der Waals surface area contributed by atoms with E-state index in [1.807, 2.05) is 18.2 Å². The molecule has 1 heterocycles. The first kappa shape index (κ1) is 12.2. The fourth-order valence-electron chi connectivity index (χ4n) is 1.97. The third-order valence-electron chi connectivity index (χ3n) is 2.93. The number of hydrogen-bond donors (Lipinski definition) is 0. The van der Waals surface area contributed by atoms with Crippen molar-refractivity contribution in [2.45, 2.75) is 13.3 Å². The monoisotopic (exact) mass is 237 g/mol. The van der Waals surface area contributed by atoms with Crippen LogP contribution < -0.4 is 0 Å². The van der Waals surface area contributed by atoms with Crippen molar-refractivity contribution in [2.75, 3.05) is 0 Å². The topological polar surface area (TPSA) is 30.0 Å². The molecule has 0 radical (unpaired) electrons. The number of aromatic nitrogens is 1. The molecule has 0 fully saturated rings. The zero-order valence-corrected chi connectivity index (χ0v) is 10.4. The molecule has 0 amide bonds. The fourth-order valence-corrected chi connectivity index (χ4v) is 1.97. The van der Waals surface area contributed by atoms with E-state index in [4.69, 9.17) is 0 Å². The maximum atomic E-state index is 11.5. The summed E-state index contributed by atoms with van der Waals surface area (Å²) >= 11 is 0. The lowest BCUT2D eigenvalue weighted by atomic mass is 9.95. The van der Waals surface area contributed by atoms with E-state index in [-0.39, 0.29) is 5.78 Å². The molecule has 0 saturated heterocycles. The van der Waals surface area contributed by atoms with Crippen LogP contribution >= 0.6 is 0 Å². The second-order valence-electron chi connectivity index (χ2n) is 4.19. The Hall–Kier alpha value is -2.22. The summed E-state index contributed by atoms with van der Waals surface area (Å²) in [5.74, 6) is 0.0119. The number of ketones is 1. The Morgan fingerprint density at radius 2 is 2.06 bits per heavy atom. The lowest BCUT2D eigenvalue weighted by Gasteiger charge is -2.10. The summed E-state index contributed by atoms with van der Waals surface area (Å²) in [6.07, 6.45) is 5.21. The van der Waals surface area contributed by atoms with Crippen molar-refractivity contribution < 1.29 is 4.79 Å². The maximum Gasteiger partial charge on any atom is 0.159 e. The quantitative estimate of drug-likeness (QED) is 0.763. The molecule has 0 unspecified atom stereocenters. The summed E-state index contributed by atoms with van der Waals surface area (Å²) in [6.45, 7) is 5.57. The van der Waals surface area contributed by atoms with Crippen LogP contribution in [0.4, 0.5) is 0 Å². The molecule has 0 aliphatic carbocycles. The molecular formula is C16H15NO. The second-order valence-corrected chi connectivity index (χ2v) is 4.19. The van der Waals surface area contributed by atoms with E-state index in [2.05, 4.69) is 30.6 Å². The molecule has 2 heteroatoms. The number of carbonyl (C=O) groups excluding carboxylic acids is 1. The highest BCUT2D eigenvalue weighted by atomic mass is 16.1. The Balaban J connectivity index is 2.48. The Kier molecular flexibility index (Phi) is 3.68. The first-order valence-corrected chi connectivity index (χ1v) is 5.86. The average molecular weight is 237 g/mol. The first-order chi connectivity index (χ1) is 8.72. The van der Waals surface area contributed by atoms with E-state index < -0.39 is 0 Å². The highest BCUT2D eigenvalue weighted by Crippen LogP contribution is 2.26. The van der Waals surface area contributed by atoms with Gasteiger partial charge in [-0.1, -0.05) is 30.8 Å². The molecule has 0 aliphatic rings. The highest BCUT2D eigenvalue weighted by Gasteiger charge is 2.09. The predicted octanol–water partition coefficient (Wildman–Crippen LogP) is 3.35. The summed E-state index contributed by atoms with van der Waals surface area (Å²) in [5.41, 5.74) is 4.35. The minimum atomic E-state index is 0.0119. The van der Waals surface area contributed by atoms with Crippen LogP contribution in [0.2, 0.25) is 0 Å². The Labute approximate surface area is 107 Å². The fraction of sp³-hybridized carbons (Fsp3) is 0.125. The number of pyridine rings is 1. The van der Waals surface area contributed by atoms with Gasteiger partial charge in [-0.15, -0.1) is 0 Å². The lowest BCUT2D eigenvalue weighted by Crippen LogP contribution is -2.01. The number of hydrogen-bond acceptors (Lipinski definition) is 2. The van der Waals surface area contributed by atoms with Gasteiger partial charge in [0.1, 0.15) is 0 Å². The summed E-state index contributed by atoms with van der Waals surface area (Å²) in [4.78, 5) is 15.6. The molecule has 90 valence electrons. The van der Waals surface area contributed by atoms with Crippen molar-refractivity contribution in [1.82, 2.24) is 4.98 Å². The van der Waals surface area contributed by atoms with E-state index in [1.54, 1.807) is 12.4 Å². The van der Waals surface area contributed by atoms with Gasteiger partial charge in [0.2, 0.25) is 0 Å². The zero-order chi connectivity index (χ0) is 13.0. The van der Waals surface area contributed by atoms with Crippen LogP contribution in [0.25, 0.3) is 11.1 Å². The number of nitrogens with zero attached hydrogens (tertiary/aromatic N) is 1. The van der Waals surface area contributed by atoms with Crippen LogP contribution in [0, 0.1) is 6.92 Å². The minimum absolute atomic E-state index is 0.0119. The van der Waals surface area contributed by atoms with Gasteiger partial charge in [0.05, 0.1) is 0 Å². The SMILES string of the molecule is C=CC(=O)Cc1cnccc1-c1ccccc1C. The normalized spacial score (nSPS) is 10.1. The molecular weight excluding hydrogens is 222 g/mol. The summed E-state index contributed by atoms with van der Waals surface area (Å²) in [6, 6.07) is 10.1. The number of rotatable bonds is 4. The minimum Gasteiger partial charge on any atom is -0.295 e. The molecule has 1 aromatic heterocycles. The van der Waals surface area contributed by atoms with Gasteiger partial charge in [-0.3, -0.25) is 9.78 Å². The van der Waals surface area contributed by atoms with Crippen LogP contribution in [0.5, 0.6) is 0 Å². The third-order valence-corrected chi connectivity index (χ3v) is 2.93. The average Bonchev–Trinajstić information content (AvgIpc) is 2.40. The summed E-state index contributed by atoms with van der Waals surface area (Å²) < 4.78 is 0. The molecule has 1 aromatic carbocycles. The smallest absolute Gasteiger partial charge is 0.159 e. The number of carbonyl (C=O) groups is 1. The van der Waals surface area contributed by atoms with Crippen LogP contribution in [0.1, 0.15) is 11.1 Å². The van der Waals surface area contributed by atoms with Crippen molar-refractivity contribution in [3.63, 3.8) is 0 Å². The standard InChI is InChI=1S/C16H15NO/c1-3-14(18)10-13-11-17-9-8-16(13)15-7-5-4-6-12(15)2/h3-9,11H,1,10H2,2H3. The molecule has 0 N–H and O–H groups in total. The van der Waals surface area contributed by atoms with Crippen molar-refractivity contribution >= 4 is 5.78 Å². The molecule has 2 nitrogen and oxygen atoms in total. The van der Waals surface area contributed by atoms with Gasteiger partial charge in [-0.2, -0.15) is 0 Å². The summed E-state index contributed by atoms with van der Waals surface area (Å²) in [7, 11) is 0. The Morgan fingerprint density at radius 3 is 2.78 bits per heavy atom. The van der Waals surface area contributed by atoms with E-state index in [0.717, 1.165) is 16.7 Å². The molecule has 0 saturated carbocycles. The van der Waals surface area contributed by atoms with Gasteiger partial charge in [0, 0.05) is 18.8 Å². The number of allylic oxidation sites excluding steroid dienone is 1. The highest BCUT2D eigenvalue weighted by molar-refractivity contribution is 5.92. The second kappa shape index (κ2) is 5.41. The van der Waals surface area contributed by atoms with E-state index in [9.17, 15) is 4.79 Å². The maximum absolute atomic E-state index is 11.5. The van der Waals surface area contributed by atoms with E-state index in [1.165, 1.54) is 11.6 Å². The lowest BCUT2D eigenvalue weighted by molar-refractivity contribution is -0.114. The number of benzene rings is 1. The number of aryl methyl sites for hydroxylation is 1. The first-order valence-electron chi connectivity index (χ1n) is 5.86. The van der Waals surface area contributed by atoms with Crippen LogP contribution in [0.15, 0.2) is 55.4 Å². The van der Waals surface area contributed by atoms with Crippen molar-refractivity contribution in [3.8, 4) is 11.1 Å². The largest absolute Gasteiger partial charge is 0.295 e. The molecule has 2 rings (SSSR count). The van der Waals surface area contributed by atoms with Gasteiger partial charge < -0.3 is 0 Å². The molecule has 0 bridgehead atoms. The molecule has 18 heavy (non-hydrogen) atoms. The Morgan fingerprint density at radius 1 is 1.28 bits per heavy atom. The van der Waals surface area contributed by atoms with Crippen LogP contribution in [-0.2, 0) is 11.2 Å². The zero-order valence-electron chi connectivity index (χ0n) is 10.4.